The van der Waals surface area contributed by atoms with E-state index in [1.165, 1.54) is 48.4 Å². The number of hydrogen-bond acceptors (Lipinski definition) is 4. The van der Waals surface area contributed by atoms with Gasteiger partial charge in [-0.25, -0.2) is 4.98 Å². The molecule has 1 unspecified atom stereocenters. The van der Waals surface area contributed by atoms with E-state index < -0.39 is 0 Å². The molecule has 1 atom stereocenters. The molecule has 0 bridgehead atoms. The highest BCUT2D eigenvalue weighted by Gasteiger charge is 2.24. The Hall–Kier alpha value is -1.39. The maximum Gasteiger partial charge on any atom is 0.186 e. The minimum atomic E-state index is 0.303. The van der Waals surface area contributed by atoms with Gasteiger partial charge in [-0.2, -0.15) is 0 Å². The van der Waals surface area contributed by atoms with Crippen LogP contribution in [-0.2, 0) is 0 Å². The zero-order valence-electron chi connectivity index (χ0n) is 16.9. The molecular formula is C23H34N2OS. The molecule has 3 rings (SSSR count). The number of anilines is 1. The average molecular weight is 387 g/mol. The van der Waals surface area contributed by atoms with Crippen molar-refractivity contribution in [2.24, 2.45) is 0 Å². The van der Waals surface area contributed by atoms with Gasteiger partial charge in [-0.15, -0.1) is 11.3 Å². The van der Waals surface area contributed by atoms with Crippen LogP contribution in [0, 0.1) is 0 Å². The second-order valence-electron chi connectivity index (χ2n) is 7.86. The highest BCUT2D eigenvalue weighted by atomic mass is 32.1. The van der Waals surface area contributed by atoms with E-state index in [-0.39, 0.29) is 0 Å². The van der Waals surface area contributed by atoms with Gasteiger partial charge in [-0.3, -0.25) is 0 Å². The first kappa shape index (κ1) is 20.3. The van der Waals surface area contributed by atoms with Gasteiger partial charge in [0, 0.05) is 30.1 Å². The van der Waals surface area contributed by atoms with Gasteiger partial charge in [0.1, 0.15) is 0 Å². The van der Waals surface area contributed by atoms with Crippen molar-refractivity contribution in [3.05, 3.63) is 35.2 Å². The average Bonchev–Trinajstić information content (AvgIpc) is 3.40. The molecule has 148 valence electrons. The summed E-state index contributed by atoms with van der Waals surface area (Å²) < 4.78 is 0. The summed E-state index contributed by atoms with van der Waals surface area (Å²) in [4.78, 5) is 7.56. The summed E-state index contributed by atoms with van der Waals surface area (Å²) in [6.07, 6.45) is 9.57. The summed E-state index contributed by atoms with van der Waals surface area (Å²) in [5.41, 5.74) is 3.73. The highest BCUT2D eigenvalue weighted by molar-refractivity contribution is 7.14. The van der Waals surface area contributed by atoms with E-state index in [0.29, 0.717) is 18.6 Å². The highest BCUT2D eigenvalue weighted by Crippen LogP contribution is 2.33. The summed E-state index contributed by atoms with van der Waals surface area (Å²) in [6, 6.07) is 9.60. The van der Waals surface area contributed by atoms with Crippen molar-refractivity contribution in [3.63, 3.8) is 0 Å². The van der Waals surface area contributed by atoms with Gasteiger partial charge in [0.2, 0.25) is 0 Å². The van der Waals surface area contributed by atoms with Gasteiger partial charge in [-0.05, 0) is 50.0 Å². The first-order chi connectivity index (χ1) is 13.2. The molecule has 1 aromatic heterocycles. The lowest BCUT2D eigenvalue weighted by molar-refractivity contribution is 0.283. The molecule has 0 amide bonds. The van der Waals surface area contributed by atoms with Gasteiger partial charge < -0.3 is 10.0 Å². The molecule has 0 saturated heterocycles. The normalized spacial score (nSPS) is 16.0. The van der Waals surface area contributed by atoms with Gasteiger partial charge >= 0.3 is 0 Å². The van der Waals surface area contributed by atoms with Crippen LogP contribution in [0.25, 0.3) is 11.3 Å². The third kappa shape index (κ3) is 5.32. The molecule has 2 aromatic rings. The fourth-order valence-electron chi connectivity index (χ4n) is 3.97. The molecule has 1 aromatic carbocycles. The van der Waals surface area contributed by atoms with Crippen molar-refractivity contribution in [2.45, 2.75) is 77.2 Å². The summed E-state index contributed by atoms with van der Waals surface area (Å²) >= 11 is 1.78. The molecule has 27 heavy (non-hydrogen) atoms. The van der Waals surface area contributed by atoms with Crippen molar-refractivity contribution in [1.82, 2.24) is 4.98 Å². The minimum Gasteiger partial charge on any atom is -0.396 e. The molecule has 0 spiro atoms. The quantitative estimate of drug-likeness (QED) is 0.491. The predicted molar refractivity (Wildman–Crippen MR) is 117 cm³/mol. The number of benzene rings is 1. The first-order valence-electron chi connectivity index (χ1n) is 10.7. The predicted octanol–water partition coefficient (Wildman–Crippen LogP) is 6.24. The van der Waals surface area contributed by atoms with Crippen molar-refractivity contribution in [2.75, 3.05) is 18.1 Å². The Morgan fingerprint density at radius 2 is 1.89 bits per heavy atom. The Morgan fingerprint density at radius 1 is 1.15 bits per heavy atom. The number of rotatable bonds is 10. The van der Waals surface area contributed by atoms with Gasteiger partial charge in [0.25, 0.3) is 0 Å². The van der Waals surface area contributed by atoms with Gasteiger partial charge in [0.15, 0.2) is 5.13 Å². The molecule has 0 radical (unpaired) electrons. The monoisotopic (exact) mass is 386 g/mol. The second kappa shape index (κ2) is 10.2. The van der Waals surface area contributed by atoms with E-state index in [2.05, 4.69) is 48.4 Å². The SMILES string of the molecule is CCC(C)c1ccc(-c2csc(N(CCCCCO)C3CCCC3)n2)cc1. The lowest BCUT2D eigenvalue weighted by Crippen LogP contribution is -2.34. The first-order valence-corrected chi connectivity index (χ1v) is 11.5. The van der Waals surface area contributed by atoms with Gasteiger partial charge in [0.05, 0.1) is 5.69 Å². The third-order valence-electron chi connectivity index (χ3n) is 5.95. The summed E-state index contributed by atoms with van der Waals surface area (Å²) in [5, 5.41) is 12.4. The zero-order chi connectivity index (χ0) is 19.1. The van der Waals surface area contributed by atoms with Crippen molar-refractivity contribution < 1.29 is 5.11 Å². The number of thiazole rings is 1. The van der Waals surface area contributed by atoms with Crippen LogP contribution < -0.4 is 4.90 Å². The van der Waals surface area contributed by atoms with E-state index in [1.807, 2.05) is 0 Å². The molecule has 1 saturated carbocycles. The van der Waals surface area contributed by atoms with Crippen molar-refractivity contribution in [1.29, 1.82) is 0 Å². The third-order valence-corrected chi connectivity index (χ3v) is 6.83. The Kier molecular flexibility index (Phi) is 7.71. The number of aliphatic hydroxyl groups is 1. The Morgan fingerprint density at radius 3 is 2.56 bits per heavy atom. The van der Waals surface area contributed by atoms with Crippen LogP contribution in [-0.4, -0.2) is 29.3 Å². The standard InChI is InChI=1S/C23H34N2OS/c1-3-18(2)19-11-13-20(14-12-19)22-17-27-23(24-22)25(15-7-4-8-16-26)21-9-5-6-10-21/h11-14,17-18,21,26H,3-10,15-16H2,1-2H3. The fraction of sp³-hybridized carbons (Fsp3) is 0.609. The number of hydrogen-bond donors (Lipinski definition) is 1. The van der Waals surface area contributed by atoms with Crippen LogP contribution >= 0.6 is 11.3 Å². The summed E-state index contributed by atoms with van der Waals surface area (Å²) in [7, 11) is 0. The number of nitrogens with zero attached hydrogens (tertiary/aromatic N) is 2. The summed E-state index contributed by atoms with van der Waals surface area (Å²) in [6.45, 7) is 5.89. The molecular weight excluding hydrogens is 352 g/mol. The van der Waals surface area contributed by atoms with Gasteiger partial charge in [-0.1, -0.05) is 51.0 Å². The summed E-state index contributed by atoms with van der Waals surface area (Å²) in [5.74, 6) is 0.613. The number of unbranched alkanes of at least 4 members (excludes halogenated alkanes) is 2. The van der Waals surface area contributed by atoms with Crippen LogP contribution in [0.15, 0.2) is 29.6 Å². The molecule has 0 aliphatic heterocycles. The molecule has 1 fully saturated rings. The molecule has 3 nitrogen and oxygen atoms in total. The van der Waals surface area contributed by atoms with Crippen LogP contribution in [0.2, 0.25) is 0 Å². The van der Waals surface area contributed by atoms with Crippen molar-refractivity contribution in [3.8, 4) is 11.3 Å². The largest absolute Gasteiger partial charge is 0.396 e. The molecule has 1 aliphatic carbocycles. The van der Waals surface area contributed by atoms with E-state index in [0.717, 1.165) is 31.5 Å². The number of aliphatic hydroxyl groups excluding tert-OH is 1. The topological polar surface area (TPSA) is 36.4 Å². The second-order valence-corrected chi connectivity index (χ2v) is 8.70. The molecule has 1 N–H and O–H groups in total. The Labute approximate surface area is 168 Å². The van der Waals surface area contributed by atoms with E-state index in [1.54, 1.807) is 11.3 Å². The Balaban J connectivity index is 1.72. The van der Waals surface area contributed by atoms with Crippen LogP contribution in [0.3, 0.4) is 0 Å². The van der Waals surface area contributed by atoms with Crippen LogP contribution in [0.4, 0.5) is 5.13 Å². The Bertz CT molecular complexity index is 676. The molecule has 4 heteroatoms. The minimum absolute atomic E-state index is 0.303. The lowest BCUT2D eigenvalue weighted by atomic mass is 9.97. The zero-order valence-corrected chi connectivity index (χ0v) is 17.7. The van der Waals surface area contributed by atoms with Crippen LogP contribution in [0.1, 0.15) is 76.7 Å². The maximum absolute atomic E-state index is 9.04. The van der Waals surface area contributed by atoms with Crippen molar-refractivity contribution >= 4 is 16.5 Å². The lowest BCUT2D eigenvalue weighted by Gasteiger charge is -2.28. The molecule has 1 aliphatic rings. The van der Waals surface area contributed by atoms with E-state index in [9.17, 15) is 0 Å². The molecule has 1 heterocycles. The number of aromatic nitrogens is 1. The van der Waals surface area contributed by atoms with Crippen LogP contribution in [0.5, 0.6) is 0 Å². The van der Waals surface area contributed by atoms with E-state index in [4.69, 9.17) is 10.1 Å². The fourth-order valence-corrected chi connectivity index (χ4v) is 4.90. The maximum atomic E-state index is 9.04. The smallest absolute Gasteiger partial charge is 0.186 e. The van der Waals surface area contributed by atoms with E-state index >= 15 is 0 Å².